The van der Waals surface area contributed by atoms with Crippen LogP contribution in [0.3, 0.4) is 0 Å². The van der Waals surface area contributed by atoms with Crippen LogP contribution in [0.1, 0.15) is 52.8 Å². The highest BCUT2D eigenvalue weighted by atomic mass is 16.7. The first-order valence-electron chi connectivity index (χ1n) is 10.5. The Hall–Kier alpha value is -2.90. The summed E-state index contributed by atoms with van der Waals surface area (Å²) < 4.78 is 27.3. The summed E-state index contributed by atoms with van der Waals surface area (Å²) in [7, 11) is 1.31. The molecule has 0 N–H and O–H groups in total. The van der Waals surface area contributed by atoms with Crippen molar-refractivity contribution in [2.24, 2.45) is 0 Å². The van der Waals surface area contributed by atoms with Crippen LogP contribution in [-0.2, 0) is 14.2 Å². The van der Waals surface area contributed by atoms with Gasteiger partial charge in [0.1, 0.15) is 17.1 Å². The molecule has 2 aromatic carbocycles. The normalized spacial score (nSPS) is 15.8. The third-order valence-electron chi connectivity index (χ3n) is 4.82. The lowest BCUT2D eigenvalue weighted by molar-refractivity contribution is -0.162. The highest BCUT2D eigenvalue weighted by Gasteiger charge is 2.17. The summed E-state index contributed by atoms with van der Waals surface area (Å²) in [4.78, 5) is 24.3. The van der Waals surface area contributed by atoms with Gasteiger partial charge in [0.05, 0.1) is 19.3 Å². The van der Waals surface area contributed by atoms with Crippen LogP contribution < -0.4 is 9.47 Å². The van der Waals surface area contributed by atoms with Gasteiger partial charge in [-0.1, -0.05) is 18.2 Å². The molecule has 31 heavy (non-hydrogen) atoms. The molecule has 1 aliphatic heterocycles. The Morgan fingerprint density at radius 2 is 1.81 bits per heavy atom. The molecule has 3 rings (SSSR count). The number of unbranched alkanes of at least 4 members (excludes halogenated alkanes) is 1. The number of benzene rings is 2. The monoisotopic (exact) mass is 428 g/mol. The van der Waals surface area contributed by atoms with E-state index in [0.717, 1.165) is 38.7 Å². The first-order chi connectivity index (χ1) is 15.2. The molecule has 2 aromatic rings. The fourth-order valence-electron chi connectivity index (χ4n) is 3.15. The third kappa shape index (κ3) is 7.08. The van der Waals surface area contributed by atoms with Crippen molar-refractivity contribution in [1.29, 1.82) is 0 Å². The van der Waals surface area contributed by atoms with Gasteiger partial charge in [-0.05, 0) is 56.4 Å². The van der Waals surface area contributed by atoms with Crippen LogP contribution in [0, 0.1) is 0 Å². The van der Waals surface area contributed by atoms with Gasteiger partial charge < -0.3 is 23.7 Å². The summed E-state index contributed by atoms with van der Waals surface area (Å²) in [6.45, 7) is 1.73. The van der Waals surface area contributed by atoms with E-state index in [1.807, 2.05) is 6.07 Å². The largest absolute Gasteiger partial charge is 0.493 e. The molecule has 0 bridgehead atoms. The molecule has 0 amide bonds. The first-order valence-corrected chi connectivity index (χ1v) is 10.5. The highest BCUT2D eigenvalue weighted by Crippen LogP contribution is 2.27. The zero-order valence-corrected chi connectivity index (χ0v) is 17.7. The second kappa shape index (κ2) is 12.1. The maximum absolute atomic E-state index is 12.3. The van der Waals surface area contributed by atoms with Crippen LogP contribution in [0.5, 0.6) is 11.5 Å². The van der Waals surface area contributed by atoms with Crippen LogP contribution in [0.4, 0.5) is 0 Å². The predicted molar refractivity (Wildman–Crippen MR) is 113 cm³/mol. The summed E-state index contributed by atoms with van der Waals surface area (Å²) in [6.07, 6.45) is 4.60. The van der Waals surface area contributed by atoms with Gasteiger partial charge in [-0.3, -0.25) is 0 Å². The Bertz CT molecular complexity index is 844. The van der Waals surface area contributed by atoms with Gasteiger partial charge in [-0.25, -0.2) is 9.59 Å². The van der Waals surface area contributed by atoms with Gasteiger partial charge in [-0.15, -0.1) is 0 Å². The van der Waals surface area contributed by atoms with E-state index in [2.05, 4.69) is 0 Å². The van der Waals surface area contributed by atoms with Crippen molar-refractivity contribution in [2.75, 3.05) is 26.9 Å². The van der Waals surface area contributed by atoms with Crippen molar-refractivity contribution in [1.82, 2.24) is 0 Å². The molecule has 0 radical (unpaired) electrons. The van der Waals surface area contributed by atoms with E-state index in [1.54, 1.807) is 24.3 Å². The maximum atomic E-state index is 12.3. The molecule has 7 nitrogen and oxygen atoms in total. The Kier molecular flexibility index (Phi) is 8.87. The lowest BCUT2D eigenvalue weighted by atomic mass is 10.2. The fraction of sp³-hybridized carbons (Fsp3) is 0.417. The second-order valence-corrected chi connectivity index (χ2v) is 7.13. The SMILES string of the molecule is COC(=O)c1ccc(OC(=O)c2ccccc2)cc1OCCCCOC1CCCCO1. The summed E-state index contributed by atoms with van der Waals surface area (Å²) in [6, 6.07) is 13.3. The summed E-state index contributed by atoms with van der Waals surface area (Å²) in [5.41, 5.74) is 0.706. The van der Waals surface area contributed by atoms with Crippen LogP contribution >= 0.6 is 0 Å². The van der Waals surface area contributed by atoms with Crippen LogP contribution in [0.15, 0.2) is 48.5 Å². The average molecular weight is 428 g/mol. The third-order valence-corrected chi connectivity index (χ3v) is 4.82. The van der Waals surface area contributed by atoms with Gasteiger partial charge >= 0.3 is 11.9 Å². The van der Waals surface area contributed by atoms with Crippen molar-refractivity contribution in [3.8, 4) is 11.5 Å². The summed E-state index contributed by atoms with van der Waals surface area (Å²) in [5, 5.41) is 0. The molecular formula is C24H28O7. The minimum absolute atomic E-state index is 0.100. The highest BCUT2D eigenvalue weighted by molar-refractivity contribution is 5.93. The van der Waals surface area contributed by atoms with E-state index < -0.39 is 11.9 Å². The summed E-state index contributed by atoms with van der Waals surface area (Å²) in [5.74, 6) is -0.413. The minimum Gasteiger partial charge on any atom is -0.493 e. The van der Waals surface area contributed by atoms with Crippen molar-refractivity contribution in [3.63, 3.8) is 0 Å². The van der Waals surface area contributed by atoms with Crippen molar-refractivity contribution >= 4 is 11.9 Å². The van der Waals surface area contributed by atoms with Crippen LogP contribution in [-0.4, -0.2) is 45.2 Å². The first kappa shape index (κ1) is 22.8. The van der Waals surface area contributed by atoms with E-state index >= 15 is 0 Å². The van der Waals surface area contributed by atoms with Gasteiger partial charge in [-0.2, -0.15) is 0 Å². The van der Waals surface area contributed by atoms with Crippen molar-refractivity contribution in [2.45, 2.75) is 38.4 Å². The molecule has 1 saturated heterocycles. The molecule has 0 aliphatic carbocycles. The number of methoxy groups -OCH3 is 1. The van der Waals surface area contributed by atoms with Crippen molar-refractivity contribution in [3.05, 3.63) is 59.7 Å². The molecule has 1 heterocycles. The van der Waals surface area contributed by atoms with E-state index in [1.165, 1.54) is 25.3 Å². The van der Waals surface area contributed by atoms with E-state index in [4.69, 9.17) is 23.7 Å². The molecule has 7 heteroatoms. The molecule has 1 aliphatic rings. The minimum atomic E-state index is -0.520. The molecule has 1 atom stereocenters. The van der Waals surface area contributed by atoms with Crippen molar-refractivity contribution < 1.29 is 33.3 Å². The van der Waals surface area contributed by atoms with E-state index in [0.29, 0.717) is 24.5 Å². The van der Waals surface area contributed by atoms with Gasteiger partial charge in [0, 0.05) is 19.3 Å². The quantitative estimate of drug-likeness (QED) is 0.315. The number of rotatable bonds is 10. The molecule has 1 fully saturated rings. The zero-order valence-electron chi connectivity index (χ0n) is 17.7. The van der Waals surface area contributed by atoms with Gasteiger partial charge in [0.15, 0.2) is 6.29 Å². The fourth-order valence-corrected chi connectivity index (χ4v) is 3.15. The number of ether oxygens (including phenoxy) is 5. The van der Waals surface area contributed by atoms with E-state index in [9.17, 15) is 9.59 Å². The Balaban J connectivity index is 1.53. The molecule has 1 unspecified atom stereocenters. The molecule has 0 spiro atoms. The zero-order chi connectivity index (χ0) is 21.9. The Labute approximate surface area is 182 Å². The number of carbonyl (C=O) groups excluding carboxylic acids is 2. The second-order valence-electron chi connectivity index (χ2n) is 7.13. The number of carbonyl (C=O) groups is 2. The van der Waals surface area contributed by atoms with Gasteiger partial charge in [0.2, 0.25) is 0 Å². The molecular weight excluding hydrogens is 400 g/mol. The maximum Gasteiger partial charge on any atom is 0.343 e. The Morgan fingerprint density at radius 3 is 2.55 bits per heavy atom. The topological polar surface area (TPSA) is 80.3 Å². The average Bonchev–Trinajstić information content (AvgIpc) is 2.82. The number of hydrogen-bond donors (Lipinski definition) is 0. The summed E-state index contributed by atoms with van der Waals surface area (Å²) >= 11 is 0. The van der Waals surface area contributed by atoms with Crippen LogP contribution in [0.2, 0.25) is 0 Å². The van der Waals surface area contributed by atoms with Crippen LogP contribution in [0.25, 0.3) is 0 Å². The predicted octanol–water partition coefficient (Wildman–Crippen LogP) is 4.39. The van der Waals surface area contributed by atoms with E-state index in [-0.39, 0.29) is 17.6 Å². The lowest BCUT2D eigenvalue weighted by Gasteiger charge is -2.22. The Morgan fingerprint density at radius 1 is 1.00 bits per heavy atom. The number of esters is 2. The molecule has 0 saturated carbocycles. The smallest absolute Gasteiger partial charge is 0.343 e. The number of hydrogen-bond acceptors (Lipinski definition) is 7. The molecule has 0 aromatic heterocycles. The van der Waals surface area contributed by atoms with Gasteiger partial charge in [0.25, 0.3) is 0 Å². The lowest BCUT2D eigenvalue weighted by Crippen LogP contribution is -2.22. The standard InChI is InChI=1S/C24H28O7/c1-27-24(26)20-13-12-19(31-23(25)18-9-3-2-4-10-18)17-21(20)28-14-7-8-16-30-22-11-5-6-15-29-22/h2-4,9-10,12-13,17,22H,5-8,11,14-16H2,1H3. The molecule has 166 valence electrons.